The first-order chi connectivity index (χ1) is 13.5. The van der Waals surface area contributed by atoms with Crippen LogP contribution in [0.25, 0.3) is 0 Å². The largest absolute Gasteiger partial charge is 0.508 e. The van der Waals surface area contributed by atoms with Crippen molar-refractivity contribution in [3.63, 3.8) is 0 Å². The predicted molar refractivity (Wildman–Crippen MR) is 114 cm³/mol. The third kappa shape index (κ3) is 3.65. The normalized spacial score (nSPS) is 13.8. The summed E-state index contributed by atoms with van der Waals surface area (Å²) in [6.45, 7) is 0. The third-order valence-electron chi connectivity index (χ3n) is 4.38. The number of halogens is 4. The fourth-order valence-electron chi connectivity index (χ4n) is 3.19. The summed E-state index contributed by atoms with van der Waals surface area (Å²) in [5.74, 6) is -0.600. The molecule has 1 atom stereocenters. The molecule has 0 radical (unpaired) electrons. The van der Waals surface area contributed by atoms with Crippen LogP contribution in [0.2, 0.25) is 20.1 Å². The van der Waals surface area contributed by atoms with Crippen LogP contribution in [0.15, 0.2) is 54.6 Å². The topological polar surface area (TPSA) is 94.8 Å². The quantitative estimate of drug-likeness (QED) is 0.239. The van der Waals surface area contributed by atoms with Crippen molar-refractivity contribution in [2.45, 2.75) is 4.75 Å². The maximum absolute atomic E-state index is 13.0. The van der Waals surface area contributed by atoms with Crippen LogP contribution in [0.3, 0.4) is 0 Å². The Balaban J connectivity index is 2.62. The standard InChI is InChI=1S/C19H12Cl4O5S/c20-12-3-1-2-11(8-12)19(29(26,27)28,10-4-6-13(24)7-5-10)16-14(21)9-15(25)17(22)18(16)23/h1-9,24-25H,(H,26,27,28). The van der Waals surface area contributed by atoms with Crippen molar-refractivity contribution < 1.29 is 23.2 Å². The lowest BCUT2D eigenvalue weighted by molar-refractivity contribution is 0.456. The zero-order valence-electron chi connectivity index (χ0n) is 14.3. The molecule has 10 heteroatoms. The van der Waals surface area contributed by atoms with E-state index in [4.69, 9.17) is 46.4 Å². The molecule has 152 valence electrons. The highest BCUT2D eigenvalue weighted by atomic mass is 35.5. The molecule has 1 unspecified atom stereocenters. The number of aromatic hydroxyl groups is 2. The second-order valence-corrected chi connectivity index (χ2v) is 9.26. The number of phenols is 2. The average molecular weight is 494 g/mol. The summed E-state index contributed by atoms with van der Waals surface area (Å²) in [6.07, 6.45) is 0. The summed E-state index contributed by atoms with van der Waals surface area (Å²) in [5, 5.41) is 18.8. The summed E-state index contributed by atoms with van der Waals surface area (Å²) < 4.78 is 34.1. The van der Waals surface area contributed by atoms with Gasteiger partial charge in [-0.15, -0.1) is 0 Å². The second-order valence-electron chi connectivity index (χ2n) is 6.09. The molecule has 0 saturated heterocycles. The fraction of sp³-hybridized carbons (Fsp3) is 0.0526. The van der Waals surface area contributed by atoms with E-state index >= 15 is 0 Å². The van der Waals surface area contributed by atoms with Gasteiger partial charge in [-0.1, -0.05) is 70.7 Å². The first kappa shape index (κ1) is 22.0. The minimum atomic E-state index is -5.04. The predicted octanol–water partition coefficient (Wildman–Crippen LogP) is 5.89. The van der Waals surface area contributed by atoms with Gasteiger partial charge in [-0.3, -0.25) is 4.55 Å². The molecule has 29 heavy (non-hydrogen) atoms. The Hall–Kier alpha value is -1.67. The summed E-state index contributed by atoms with van der Waals surface area (Å²) >= 11 is 24.8. The highest BCUT2D eigenvalue weighted by Gasteiger charge is 2.51. The molecule has 0 fully saturated rings. The van der Waals surface area contributed by atoms with Crippen molar-refractivity contribution in [1.82, 2.24) is 0 Å². The molecule has 3 aromatic rings. The molecule has 0 aliphatic heterocycles. The van der Waals surface area contributed by atoms with Gasteiger partial charge in [0.15, 0.2) is 4.75 Å². The minimum Gasteiger partial charge on any atom is -0.508 e. The van der Waals surface area contributed by atoms with E-state index in [-0.39, 0.29) is 42.5 Å². The molecule has 0 bridgehead atoms. The van der Waals surface area contributed by atoms with E-state index in [2.05, 4.69) is 0 Å². The molecular weight excluding hydrogens is 482 g/mol. The monoisotopic (exact) mass is 492 g/mol. The van der Waals surface area contributed by atoms with Crippen LogP contribution >= 0.6 is 46.4 Å². The van der Waals surface area contributed by atoms with E-state index in [0.29, 0.717) is 0 Å². The van der Waals surface area contributed by atoms with E-state index < -0.39 is 20.6 Å². The lowest BCUT2D eigenvalue weighted by Gasteiger charge is -2.34. The van der Waals surface area contributed by atoms with Gasteiger partial charge in [0.2, 0.25) is 0 Å². The fourth-order valence-corrected chi connectivity index (χ4v) is 5.70. The molecule has 3 rings (SSSR count). The first-order valence-corrected chi connectivity index (χ1v) is 10.8. The van der Waals surface area contributed by atoms with Crippen molar-refractivity contribution in [3.8, 4) is 11.5 Å². The molecule has 0 aliphatic carbocycles. The van der Waals surface area contributed by atoms with Crippen molar-refractivity contribution in [2.75, 3.05) is 0 Å². The average Bonchev–Trinajstić information content (AvgIpc) is 2.63. The van der Waals surface area contributed by atoms with Gasteiger partial charge in [-0.25, -0.2) is 0 Å². The van der Waals surface area contributed by atoms with Crippen LogP contribution in [-0.2, 0) is 14.9 Å². The molecule has 0 saturated carbocycles. The molecule has 0 heterocycles. The number of hydrogen-bond donors (Lipinski definition) is 3. The van der Waals surface area contributed by atoms with E-state index in [9.17, 15) is 23.2 Å². The van der Waals surface area contributed by atoms with Crippen molar-refractivity contribution >= 4 is 56.5 Å². The summed E-state index contributed by atoms with van der Waals surface area (Å²) in [6, 6.07) is 11.8. The first-order valence-electron chi connectivity index (χ1n) is 7.89. The lowest BCUT2D eigenvalue weighted by Crippen LogP contribution is -2.39. The van der Waals surface area contributed by atoms with Gasteiger partial charge >= 0.3 is 0 Å². The zero-order chi connectivity index (χ0) is 21.6. The van der Waals surface area contributed by atoms with Crippen LogP contribution in [-0.4, -0.2) is 23.2 Å². The number of rotatable bonds is 4. The Morgan fingerprint density at radius 1 is 0.793 bits per heavy atom. The lowest BCUT2D eigenvalue weighted by atomic mass is 9.83. The minimum absolute atomic E-state index is 0.00521. The second kappa shape index (κ2) is 7.87. The van der Waals surface area contributed by atoms with Gasteiger partial charge in [0.1, 0.15) is 16.5 Å². The molecule has 5 nitrogen and oxygen atoms in total. The summed E-state index contributed by atoms with van der Waals surface area (Å²) in [7, 11) is -5.04. The maximum atomic E-state index is 13.0. The smallest absolute Gasteiger partial charge is 0.283 e. The molecule has 0 amide bonds. The number of hydrogen-bond acceptors (Lipinski definition) is 4. The molecule has 0 aromatic heterocycles. The zero-order valence-corrected chi connectivity index (χ0v) is 18.1. The highest BCUT2D eigenvalue weighted by molar-refractivity contribution is 7.87. The molecule has 3 N–H and O–H groups in total. The van der Waals surface area contributed by atoms with Gasteiger partial charge in [0, 0.05) is 16.7 Å². The molecule has 0 spiro atoms. The van der Waals surface area contributed by atoms with E-state index in [1.54, 1.807) is 0 Å². The number of phenolic OH excluding ortho intramolecular Hbond substituents is 2. The van der Waals surface area contributed by atoms with Gasteiger partial charge in [-0.05, 0) is 35.4 Å². The summed E-state index contributed by atoms with van der Waals surface area (Å²) in [4.78, 5) is 0. The third-order valence-corrected chi connectivity index (χ3v) is 7.22. The van der Waals surface area contributed by atoms with Crippen molar-refractivity contribution in [3.05, 3.63) is 91.4 Å². The van der Waals surface area contributed by atoms with Gasteiger partial charge in [0.05, 0.1) is 10.0 Å². The van der Waals surface area contributed by atoms with Gasteiger partial charge < -0.3 is 10.2 Å². The Kier molecular flexibility index (Phi) is 5.98. The molecular formula is C19H12Cl4O5S. The van der Waals surface area contributed by atoms with E-state index in [0.717, 1.165) is 6.07 Å². The van der Waals surface area contributed by atoms with Gasteiger partial charge in [-0.2, -0.15) is 8.42 Å². The van der Waals surface area contributed by atoms with E-state index in [1.807, 2.05) is 0 Å². The van der Waals surface area contributed by atoms with Crippen LogP contribution in [0.1, 0.15) is 16.7 Å². The Morgan fingerprint density at radius 3 is 1.97 bits per heavy atom. The number of benzene rings is 3. The SMILES string of the molecule is O=S(=O)(O)C(c1ccc(O)cc1)(c1cccc(Cl)c1)c1c(Cl)cc(O)c(Cl)c1Cl. The summed E-state index contributed by atoms with van der Waals surface area (Å²) in [5.41, 5.74) is -0.256. The Morgan fingerprint density at radius 2 is 1.41 bits per heavy atom. The van der Waals surface area contributed by atoms with Gasteiger partial charge in [0.25, 0.3) is 10.1 Å². The molecule has 3 aromatic carbocycles. The Labute approximate surface area is 186 Å². The van der Waals surface area contributed by atoms with E-state index in [1.165, 1.54) is 48.5 Å². The van der Waals surface area contributed by atoms with Crippen molar-refractivity contribution in [1.29, 1.82) is 0 Å². The maximum Gasteiger partial charge on any atom is 0.283 e. The Bertz CT molecular complexity index is 1200. The van der Waals surface area contributed by atoms with Crippen LogP contribution < -0.4 is 0 Å². The van der Waals surface area contributed by atoms with Crippen LogP contribution in [0, 0.1) is 0 Å². The molecule has 0 aliphatic rings. The highest BCUT2D eigenvalue weighted by Crippen LogP contribution is 2.52. The van der Waals surface area contributed by atoms with Crippen LogP contribution in [0.4, 0.5) is 0 Å². The van der Waals surface area contributed by atoms with Crippen molar-refractivity contribution in [2.24, 2.45) is 0 Å². The van der Waals surface area contributed by atoms with Crippen LogP contribution in [0.5, 0.6) is 11.5 Å².